The molecule has 12 aliphatic carbocycles. The van der Waals surface area contributed by atoms with Crippen LogP contribution in [-0.4, -0.2) is 137 Å². The molecule has 7 heterocycles. The summed E-state index contributed by atoms with van der Waals surface area (Å²) in [7, 11) is 1.89. The highest BCUT2D eigenvalue weighted by Crippen LogP contribution is 2.74. The Balaban J connectivity index is 0.000000124. The molecule has 3 saturated heterocycles. The number of likely N-dealkylation sites (tertiary alicyclic amines) is 1. The summed E-state index contributed by atoms with van der Waals surface area (Å²) in [4.78, 5) is 130. The average Bonchev–Trinajstić information content (AvgIpc) is 1.45. The van der Waals surface area contributed by atoms with E-state index in [1.165, 1.54) is 18.2 Å². The number of hydrogen-bond donors (Lipinski definition) is 11. The summed E-state index contributed by atoms with van der Waals surface area (Å²) in [6.45, 7) is 8.55. The van der Waals surface area contributed by atoms with Gasteiger partial charge < -0.3 is 47.2 Å². The largest absolute Gasteiger partial charge is 0.481 e. The fraction of sp³-hybridized carbons (Fsp3) is 0.542. The molecule has 18 aliphatic rings. The standard InChI is InChI=1S/C33H36Cl2FN3O4.C32H34Cl2FN3O4.C31H33Cl2FN4O4/c1-29(2)16-32(17-29)33(20-8-7-18(34)15-22(20)37-27(33)41)23(19-5-4-6-21(35)24(19)36)25(39(32)3)26(40)38-31-12-9-30(10-13-31,11-14-31)28(42)43;1-28(2)15-31(16-28)32(19-7-6-17(33)14-21(19)36-26(32)40)22(18-4-3-5-20(34)23(18)35)24(37-31)25(39)38-30-11-8-29(9-12-30,10-13-30)27(41)42;32-19-6-4-5-17(23(19)34)22-24(25(39)38-29-12-9-28(10-13-29,11-14-29)27(41)42)37-30(7-2-1-3-8-30)31(22)18-16-35-21(33)15-20(18)36-26(31)40/h4-8,15,23,25H,9-14,16-17H2,1-3H3,(H,37,41)(H,38,40)(H,42,43);3-7,14,22,24,37H,8-13,15-16H2,1-2H3,(H,36,40)(H,38,39)(H,41,42);4-6,15-16,22,24,37H,1-3,7-14H2,(H,36,40)(H,38,39)(H,41,42)/t23-,25+,30?,31?,33+;22-,24+,29?,30?,32+;22-,24+,28?,29?,31+/m000/s1. The van der Waals surface area contributed by atoms with Crippen LogP contribution in [0.25, 0.3) is 0 Å². The predicted octanol–water partition coefficient (Wildman–Crippen LogP) is 17.7. The van der Waals surface area contributed by atoms with Gasteiger partial charge in [0.05, 0.1) is 49.4 Å². The Morgan fingerprint density at radius 3 is 1.15 bits per heavy atom. The monoisotopic (exact) mass is 1850 g/mol. The highest BCUT2D eigenvalue weighted by atomic mass is 35.5. The lowest BCUT2D eigenvalue weighted by Crippen LogP contribution is -2.68. The molecule has 127 heavy (non-hydrogen) atoms. The zero-order valence-electron chi connectivity index (χ0n) is 71.2. The maximum absolute atomic E-state index is 16.2. The summed E-state index contributed by atoms with van der Waals surface area (Å²) in [5.74, 6) is -8.71. The van der Waals surface area contributed by atoms with Crippen molar-refractivity contribution in [2.45, 2.75) is 286 Å². The third kappa shape index (κ3) is 12.8. The van der Waals surface area contributed by atoms with Gasteiger partial charge in [0, 0.05) is 89.9 Å². The van der Waals surface area contributed by atoms with Gasteiger partial charge in [-0.3, -0.25) is 58.7 Å². The summed E-state index contributed by atoms with van der Waals surface area (Å²) >= 11 is 37.9. The number of likely N-dealkylation sites (N-methyl/N-ethyl adjacent to an activating group) is 1. The molecule has 24 rings (SSSR count). The van der Waals surface area contributed by atoms with Gasteiger partial charge in [-0.05, 0) is 248 Å². The molecule has 1 aromatic heterocycles. The Morgan fingerprint density at radius 2 is 0.764 bits per heavy atom. The molecule has 672 valence electrons. The molecule has 6 aromatic rings. The van der Waals surface area contributed by atoms with E-state index < -0.39 is 137 Å². The lowest BCUT2D eigenvalue weighted by Gasteiger charge is -2.61. The SMILES string of the molecule is CC1(C)CC2(C1)N[C@@H](C(=O)NC13CCC(C(=O)O)(CC1)CC3)[C@H](c1cccc(Cl)c1F)[C@]21C(=O)Nc2cc(Cl)ccc21.CN1[C@@H](C(=O)NC23CCC(C(=O)O)(CC2)CC3)[C@H](c2cccc(Cl)c2F)[C@]2(C(=O)Nc3cc(Cl)ccc32)C12CC(C)(C)C2.O=C(NC12CCC(C(=O)O)(CC1)CC2)[C@@H]1NC2(CCCCC2)[C@@]2(C(=O)Nc3cc(Cl)ncc32)[C@H]1c1cccc(Cl)c1F. The van der Waals surface area contributed by atoms with E-state index in [0.29, 0.717) is 198 Å². The molecule has 12 saturated carbocycles. The van der Waals surface area contributed by atoms with E-state index in [4.69, 9.17) is 69.6 Å². The molecule has 0 radical (unpaired) electrons. The van der Waals surface area contributed by atoms with Crippen LogP contribution in [0, 0.1) is 44.5 Å². The van der Waals surface area contributed by atoms with Crippen LogP contribution in [-0.2, 0) is 59.4 Å². The van der Waals surface area contributed by atoms with E-state index in [1.54, 1.807) is 72.9 Å². The number of amides is 6. The first-order chi connectivity index (χ1) is 60.0. The van der Waals surface area contributed by atoms with Crippen LogP contribution in [0.2, 0.25) is 30.3 Å². The number of hydrogen-bond acceptors (Lipinski definition) is 13. The molecule has 9 atom stereocenters. The molecule has 6 aliphatic heterocycles. The summed E-state index contributed by atoms with van der Waals surface area (Å²) in [5, 5.41) is 56.9. The quantitative estimate of drug-likeness (QED) is 0.0507. The van der Waals surface area contributed by atoms with Gasteiger partial charge in [0.2, 0.25) is 35.4 Å². The first-order valence-corrected chi connectivity index (χ1v) is 46.8. The number of aromatic nitrogens is 1. The van der Waals surface area contributed by atoms with Gasteiger partial charge in [-0.15, -0.1) is 0 Å². The number of halogens is 9. The van der Waals surface area contributed by atoms with Crippen LogP contribution >= 0.6 is 69.6 Å². The molecule has 6 spiro atoms. The Hall–Kier alpha value is -8.11. The van der Waals surface area contributed by atoms with Crippen molar-refractivity contribution in [3.63, 3.8) is 0 Å². The molecular formula is C96H103Cl6F3N10O12. The smallest absolute Gasteiger partial charge is 0.309 e. The molecule has 15 fully saturated rings. The number of nitrogens with one attached hydrogen (secondary N) is 8. The number of rotatable bonds is 12. The second-order valence-corrected chi connectivity index (χ2v) is 44.2. The van der Waals surface area contributed by atoms with Crippen LogP contribution in [0.1, 0.15) is 252 Å². The number of fused-ring (bicyclic) bond motifs is 18. The van der Waals surface area contributed by atoms with Gasteiger partial charge in [0.25, 0.3) is 0 Å². The Kier molecular flexibility index (Phi) is 21.0. The minimum Gasteiger partial charge on any atom is -0.481 e. The van der Waals surface area contributed by atoms with Crippen molar-refractivity contribution in [2.24, 2.45) is 27.1 Å². The van der Waals surface area contributed by atoms with Crippen LogP contribution in [0.15, 0.2) is 103 Å². The highest BCUT2D eigenvalue weighted by molar-refractivity contribution is 6.33. The number of carbonyl (C=O) groups excluding carboxylic acids is 6. The van der Waals surface area contributed by atoms with Crippen molar-refractivity contribution < 1.29 is 71.6 Å². The lowest BCUT2D eigenvalue weighted by atomic mass is 9.46. The Morgan fingerprint density at radius 1 is 0.417 bits per heavy atom. The molecule has 6 bridgehead atoms. The van der Waals surface area contributed by atoms with Gasteiger partial charge in [0.15, 0.2) is 0 Å². The number of anilines is 3. The van der Waals surface area contributed by atoms with Crippen molar-refractivity contribution in [2.75, 3.05) is 23.0 Å². The second-order valence-electron chi connectivity index (χ2n) is 41.7. The zero-order valence-corrected chi connectivity index (χ0v) is 75.7. The van der Waals surface area contributed by atoms with Crippen molar-refractivity contribution in [3.05, 3.63) is 184 Å². The van der Waals surface area contributed by atoms with Crippen LogP contribution < -0.4 is 42.5 Å². The van der Waals surface area contributed by atoms with Gasteiger partial charge in [0.1, 0.15) is 38.8 Å². The number of carbonyl (C=O) groups is 9. The predicted molar refractivity (Wildman–Crippen MR) is 474 cm³/mol. The number of pyridine rings is 1. The second kappa shape index (κ2) is 30.2. The summed E-state index contributed by atoms with van der Waals surface area (Å²) in [5.41, 5.74) is -6.04. The van der Waals surface area contributed by atoms with Crippen molar-refractivity contribution in [1.82, 2.24) is 36.5 Å². The highest BCUT2D eigenvalue weighted by Gasteiger charge is 2.81. The zero-order chi connectivity index (χ0) is 90.1. The van der Waals surface area contributed by atoms with Crippen LogP contribution in [0.5, 0.6) is 0 Å². The van der Waals surface area contributed by atoms with Crippen LogP contribution in [0.3, 0.4) is 0 Å². The first-order valence-electron chi connectivity index (χ1n) is 44.5. The fourth-order valence-electron chi connectivity index (χ4n) is 28.6. The van der Waals surface area contributed by atoms with Gasteiger partial charge in [-0.2, -0.15) is 0 Å². The summed E-state index contributed by atoms with van der Waals surface area (Å²) in [6.07, 6.45) is 17.6. The maximum atomic E-state index is 16.2. The van der Waals surface area contributed by atoms with E-state index in [0.717, 1.165) is 19.3 Å². The fourth-order valence-corrected chi connectivity index (χ4v) is 29.7. The Bertz CT molecular complexity index is 5660. The normalized spacial score (nSPS) is 34.9. The van der Waals surface area contributed by atoms with Gasteiger partial charge in [-0.25, -0.2) is 18.2 Å². The Labute approximate surface area is 763 Å². The van der Waals surface area contributed by atoms with E-state index in [9.17, 15) is 58.5 Å². The third-order valence-corrected chi connectivity index (χ3v) is 35.9. The molecule has 5 aromatic carbocycles. The maximum Gasteiger partial charge on any atom is 0.309 e. The molecular weight excluding hydrogens is 1750 g/mol. The molecule has 31 heteroatoms. The van der Waals surface area contributed by atoms with E-state index in [-0.39, 0.29) is 83.2 Å². The number of nitrogens with zero attached hydrogens (tertiary/aromatic N) is 2. The number of carboxylic acid groups (broad SMARTS) is 3. The van der Waals surface area contributed by atoms with Crippen molar-refractivity contribution >= 4 is 140 Å². The average molecular weight is 1860 g/mol. The lowest BCUT2D eigenvalue weighted by molar-refractivity contribution is -0.158. The first kappa shape index (κ1) is 88.2. The van der Waals surface area contributed by atoms with E-state index in [1.807, 2.05) is 24.1 Å². The van der Waals surface area contributed by atoms with Crippen molar-refractivity contribution in [3.8, 4) is 0 Å². The summed E-state index contributed by atoms with van der Waals surface area (Å²) < 4.78 is 48.3. The molecule has 0 unspecified atom stereocenters. The molecule has 22 nitrogen and oxygen atoms in total. The minimum absolute atomic E-state index is 0.0674. The summed E-state index contributed by atoms with van der Waals surface area (Å²) in [6, 6.07) is 23.7. The number of carboxylic acids is 3. The van der Waals surface area contributed by atoms with Gasteiger partial charge >= 0.3 is 17.9 Å². The van der Waals surface area contributed by atoms with Crippen molar-refractivity contribution in [1.29, 1.82) is 0 Å². The third-order valence-electron chi connectivity index (χ3n) is 34.4. The molecule has 6 amide bonds. The number of aliphatic carboxylic acids is 3. The van der Waals surface area contributed by atoms with Gasteiger partial charge in [-0.1, -0.05) is 165 Å². The van der Waals surface area contributed by atoms with Crippen LogP contribution in [0.4, 0.5) is 30.2 Å². The molecule has 11 N–H and O–H groups in total. The minimum atomic E-state index is -1.34. The van der Waals surface area contributed by atoms with E-state index in [2.05, 4.69) is 75.2 Å². The van der Waals surface area contributed by atoms with E-state index >= 15 is 13.2 Å². The number of benzene rings is 5. The topological polar surface area (TPSA) is 327 Å².